The Bertz CT molecular complexity index is 1820. The van der Waals surface area contributed by atoms with E-state index < -0.39 is 5.66 Å². The number of nitriles is 1. The number of likely N-dealkylation sites (N-methyl/N-ethyl adjacent to an activating group) is 1. The van der Waals surface area contributed by atoms with Gasteiger partial charge in [-0.15, -0.1) is 0 Å². The minimum absolute atomic E-state index is 0.162. The average molecular weight is 645 g/mol. The Labute approximate surface area is 280 Å². The number of allylic oxidation sites excluding steroid dienone is 2. The van der Waals surface area contributed by atoms with Crippen molar-refractivity contribution in [1.82, 2.24) is 35.0 Å². The number of likely N-dealkylation sites (tertiary alicyclic amines) is 1. The molecule has 0 spiro atoms. The molecule has 2 fully saturated rings. The second-order valence-electron chi connectivity index (χ2n) is 12.8. The molecule has 0 saturated carbocycles. The highest BCUT2D eigenvalue weighted by Gasteiger charge is 2.47. The first-order valence-electron chi connectivity index (χ1n) is 16.4. The van der Waals surface area contributed by atoms with E-state index in [-0.39, 0.29) is 11.7 Å². The number of nitrogens with zero attached hydrogens (tertiary/aromatic N) is 9. The van der Waals surface area contributed by atoms with Crippen LogP contribution in [-0.2, 0) is 11.3 Å². The summed E-state index contributed by atoms with van der Waals surface area (Å²) in [6.07, 6.45) is 9.88. The molecule has 13 nitrogen and oxygen atoms in total. The number of amidine groups is 1. The van der Waals surface area contributed by atoms with Gasteiger partial charge in [0.1, 0.15) is 29.4 Å². The van der Waals surface area contributed by atoms with Crippen molar-refractivity contribution in [3.8, 4) is 6.07 Å². The summed E-state index contributed by atoms with van der Waals surface area (Å²) < 4.78 is 0. The van der Waals surface area contributed by atoms with Gasteiger partial charge in [-0.1, -0.05) is 12.1 Å². The average Bonchev–Trinajstić information content (AvgIpc) is 3.30. The number of fused-ring (bicyclic) bond motifs is 1. The first kappa shape index (κ1) is 31.1. The summed E-state index contributed by atoms with van der Waals surface area (Å²) in [4.78, 5) is 38.8. The van der Waals surface area contributed by atoms with Crippen LogP contribution in [0.15, 0.2) is 83.5 Å². The van der Waals surface area contributed by atoms with Gasteiger partial charge in [-0.3, -0.25) is 14.6 Å². The maximum Gasteiger partial charge on any atom is 0.234 e. The van der Waals surface area contributed by atoms with Crippen molar-refractivity contribution in [2.75, 3.05) is 55.7 Å². The number of anilines is 3. The zero-order valence-electron chi connectivity index (χ0n) is 27.3. The summed E-state index contributed by atoms with van der Waals surface area (Å²) in [5.41, 5.74) is 9.57. The highest BCUT2D eigenvalue weighted by Crippen LogP contribution is 2.40. The van der Waals surface area contributed by atoms with Crippen LogP contribution in [0.2, 0.25) is 0 Å². The lowest BCUT2D eigenvalue weighted by molar-refractivity contribution is -0.129. The molecule has 13 heteroatoms. The van der Waals surface area contributed by atoms with Gasteiger partial charge in [0.2, 0.25) is 11.7 Å². The van der Waals surface area contributed by atoms with Crippen LogP contribution < -0.4 is 21.3 Å². The summed E-state index contributed by atoms with van der Waals surface area (Å²) >= 11 is 0. The summed E-state index contributed by atoms with van der Waals surface area (Å²) in [5.74, 6) is 3.16. The number of pyridine rings is 1. The van der Waals surface area contributed by atoms with Gasteiger partial charge in [0.05, 0.1) is 11.3 Å². The zero-order valence-corrected chi connectivity index (χ0v) is 27.3. The Morgan fingerprint density at radius 2 is 1.85 bits per heavy atom. The van der Waals surface area contributed by atoms with Gasteiger partial charge in [0.15, 0.2) is 5.66 Å². The fourth-order valence-electron chi connectivity index (χ4n) is 6.84. The van der Waals surface area contributed by atoms with Crippen molar-refractivity contribution in [2.45, 2.75) is 44.4 Å². The number of rotatable bonds is 7. The predicted molar refractivity (Wildman–Crippen MR) is 184 cm³/mol. The van der Waals surface area contributed by atoms with Gasteiger partial charge in [-0.25, -0.2) is 19.9 Å². The molecule has 1 amide bonds. The van der Waals surface area contributed by atoms with Crippen LogP contribution in [0.3, 0.4) is 0 Å². The Balaban J connectivity index is 1.08. The topological polar surface area (TPSA) is 155 Å². The number of nitrogen functional groups attached to an aromatic ring is 1. The lowest BCUT2D eigenvalue weighted by Crippen LogP contribution is -2.59. The number of amides is 1. The number of hydrogen-bond acceptors (Lipinski definition) is 12. The molecule has 2 saturated heterocycles. The Morgan fingerprint density at radius 3 is 2.62 bits per heavy atom. The van der Waals surface area contributed by atoms with Crippen molar-refractivity contribution >= 4 is 29.1 Å². The second-order valence-corrected chi connectivity index (χ2v) is 12.8. The molecule has 4 aliphatic heterocycles. The van der Waals surface area contributed by atoms with Gasteiger partial charge < -0.3 is 26.2 Å². The van der Waals surface area contributed by atoms with Crippen LogP contribution in [0, 0.1) is 11.3 Å². The van der Waals surface area contributed by atoms with Crippen molar-refractivity contribution in [1.29, 1.82) is 5.26 Å². The molecule has 48 heavy (non-hydrogen) atoms. The van der Waals surface area contributed by atoms with Crippen LogP contribution in [-0.4, -0.2) is 92.9 Å². The number of aromatic nitrogens is 3. The van der Waals surface area contributed by atoms with E-state index in [1.807, 2.05) is 31.3 Å². The standard InChI is InChI=1S/C35H40N12O/c1-35-28(9-10-31(43-35)46-19-14-32(48)44(2)20-21-46)41-34(27-4-3-15-39-33(27)37)47(35)26-7-5-24(6-8-26)23-45-17-12-25(13-18-45)40-29-11-16-38-30(22-36)42-29/h3-11,15-16,25,43H,12-14,17-21,23H2,1-2H3,(H2,37,39)(H,38,40,42). The number of hydrogen-bond donors (Lipinski definition) is 3. The molecule has 7 rings (SSSR count). The molecule has 1 aromatic carbocycles. The van der Waals surface area contributed by atoms with Crippen molar-refractivity contribution in [3.63, 3.8) is 0 Å². The molecule has 0 aliphatic carbocycles. The molecule has 246 valence electrons. The van der Waals surface area contributed by atoms with E-state index in [0.717, 1.165) is 67.6 Å². The summed E-state index contributed by atoms with van der Waals surface area (Å²) in [6.45, 7) is 6.97. The molecule has 0 bridgehead atoms. The summed E-state index contributed by atoms with van der Waals surface area (Å²) in [5, 5.41) is 16.4. The predicted octanol–water partition coefficient (Wildman–Crippen LogP) is 2.88. The van der Waals surface area contributed by atoms with Gasteiger partial charge in [-0.2, -0.15) is 5.26 Å². The number of nitrogens with two attached hydrogens (primary N) is 1. The molecule has 1 unspecified atom stereocenters. The normalized spacial score (nSPS) is 21.8. The largest absolute Gasteiger partial charge is 0.383 e. The van der Waals surface area contributed by atoms with Crippen LogP contribution in [0.5, 0.6) is 0 Å². The lowest BCUT2D eigenvalue weighted by atomic mass is 10.0. The number of piperidine rings is 1. The molecule has 4 N–H and O–H groups in total. The fourth-order valence-corrected chi connectivity index (χ4v) is 6.84. The quantitative estimate of drug-likeness (QED) is 0.348. The fraction of sp³-hybridized carbons (Fsp3) is 0.371. The first-order chi connectivity index (χ1) is 23.3. The van der Waals surface area contributed by atoms with Gasteiger partial charge in [-0.05, 0) is 67.8 Å². The van der Waals surface area contributed by atoms with Gasteiger partial charge >= 0.3 is 0 Å². The van der Waals surface area contributed by atoms with Crippen LogP contribution in [0.1, 0.15) is 43.1 Å². The van der Waals surface area contributed by atoms with E-state index in [4.69, 9.17) is 16.0 Å². The Kier molecular flexibility index (Phi) is 8.41. The third-order valence-electron chi connectivity index (χ3n) is 9.60. The third kappa shape index (κ3) is 6.14. The van der Waals surface area contributed by atoms with Gasteiger partial charge in [0, 0.05) is 76.9 Å². The molecular formula is C35H40N12O. The summed E-state index contributed by atoms with van der Waals surface area (Å²) in [7, 11) is 1.86. The SMILES string of the molecule is CN1CCN(C2=CC=C3N=C(c4cccnc4N)N(c4ccc(CN5CCC(Nc6ccnc(C#N)n6)CC5)cc4)C3(C)N2)CCC1=O. The highest BCUT2D eigenvalue weighted by atomic mass is 16.2. The maximum absolute atomic E-state index is 12.4. The van der Waals surface area contributed by atoms with Crippen LogP contribution >= 0.6 is 0 Å². The molecule has 2 aromatic heterocycles. The monoisotopic (exact) mass is 644 g/mol. The van der Waals surface area contributed by atoms with E-state index in [9.17, 15) is 4.79 Å². The maximum atomic E-state index is 12.4. The molecule has 0 radical (unpaired) electrons. The number of nitrogens with one attached hydrogen (secondary N) is 2. The van der Waals surface area contributed by atoms with Crippen molar-refractivity contribution in [2.24, 2.45) is 4.99 Å². The third-order valence-corrected chi connectivity index (χ3v) is 9.60. The molecular weight excluding hydrogens is 604 g/mol. The minimum atomic E-state index is -0.696. The van der Waals surface area contributed by atoms with E-state index in [2.05, 4.69) is 83.6 Å². The number of carbonyl (C=O) groups excluding carboxylic acids is 1. The number of dihydropyridines is 1. The number of benzene rings is 1. The Hall–Kier alpha value is -5.48. The Morgan fingerprint density at radius 1 is 1.04 bits per heavy atom. The van der Waals surface area contributed by atoms with E-state index >= 15 is 0 Å². The number of carbonyl (C=O) groups is 1. The van der Waals surface area contributed by atoms with Crippen molar-refractivity contribution in [3.05, 3.63) is 95.5 Å². The molecule has 1 atom stereocenters. The number of aliphatic imine (C=N–C) groups is 1. The van der Waals surface area contributed by atoms with E-state index in [0.29, 0.717) is 37.2 Å². The highest BCUT2D eigenvalue weighted by molar-refractivity contribution is 6.16. The minimum Gasteiger partial charge on any atom is -0.383 e. The zero-order chi connectivity index (χ0) is 33.3. The van der Waals surface area contributed by atoms with E-state index in [1.54, 1.807) is 17.3 Å². The molecule has 6 heterocycles. The van der Waals surface area contributed by atoms with Crippen molar-refractivity contribution < 1.29 is 4.79 Å². The van der Waals surface area contributed by atoms with E-state index in [1.165, 1.54) is 5.56 Å². The summed E-state index contributed by atoms with van der Waals surface area (Å²) in [6, 6.07) is 16.6. The molecule has 4 aliphatic rings. The lowest BCUT2D eigenvalue weighted by Gasteiger charge is -2.43. The molecule has 3 aromatic rings. The van der Waals surface area contributed by atoms with Crippen LogP contribution in [0.4, 0.5) is 17.3 Å². The second kappa shape index (κ2) is 13.0. The smallest absolute Gasteiger partial charge is 0.234 e. The first-order valence-corrected chi connectivity index (χ1v) is 16.4. The van der Waals surface area contributed by atoms with Crippen LogP contribution in [0.25, 0.3) is 0 Å². The van der Waals surface area contributed by atoms with Gasteiger partial charge in [0.25, 0.3) is 0 Å².